The van der Waals surface area contributed by atoms with E-state index in [1.54, 1.807) is 18.5 Å². The largest absolute Gasteiger partial charge is 0.332 e. The summed E-state index contributed by atoms with van der Waals surface area (Å²) in [6.07, 6.45) is 13.5. The zero-order valence-corrected chi connectivity index (χ0v) is 18.5. The highest BCUT2D eigenvalue weighted by atomic mass is 16.2. The fourth-order valence-electron chi connectivity index (χ4n) is 6.56. The molecule has 1 aromatic heterocycles. The minimum absolute atomic E-state index is 0.169. The van der Waals surface area contributed by atoms with Gasteiger partial charge < -0.3 is 10.2 Å². The molecule has 4 aliphatic rings. The summed E-state index contributed by atoms with van der Waals surface area (Å²) < 4.78 is 0. The predicted octanol–water partition coefficient (Wildman–Crippen LogP) is 4.26. The van der Waals surface area contributed by atoms with E-state index in [4.69, 9.17) is 0 Å². The summed E-state index contributed by atoms with van der Waals surface area (Å²) >= 11 is 0. The summed E-state index contributed by atoms with van der Waals surface area (Å²) in [6, 6.07) is 10.6. The van der Waals surface area contributed by atoms with Crippen LogP contribution in [-0.4, -0.2) is 57.4 Å². The van der Waals surface area contributed by atoms with E-state index in [1.165, 1.54) is 37.8 Å². The fourth-order valence-corrected chi connectivity index (χ4v) is 6.56. The van der Waals surface area contributed by atoms with Crippen molar-refractivity contribution in [1.82, 2.24) is 19.8 Å². The van der Waals surface area contributed by atoms with E-state index in [1.807, 2.05) is 24.3 Å². The van der Waals surface area contributed by atoms with Crippen LogP contribution in [0.25, 0.3) is 0 Å². The smallest absolute Gasteiger partial charge is 0.254 e. The Balaban J connectivity index is 1.22. The number of amides is 1. The second kappa shape index (κ2) is 8.32. The second-order valence-electron chi connectivity index (χ2n) is 9.78. The minimum atomic E-state index is 0.169. The van der Waals surface area contributed by atoms with Crippen LogP contribution >= 0.6 is 0 Å². The van der Waals surface area contributed by atoms with Crippen LogP contribution in [-0.2, 0) is 0 Å². The molecule has 4 unspecified atom stereocenters. The van der Waals surface area contributed by atoms with Gasteiger partial charge in [0, 0.05) is 42.8 Å². The maximum absolute atomic E-state index is 13.6. The van der Waals surface area contributed by atoms with E-state index in [0.717, 1.165) is 43.2 Å². The lowest BCUT2D eigenvalue weighted by molar-refractivity contribution is 0.00148. The van der Waals surface area contributed by atoms with Crippen LogP contribution in [0.1, 0.15) is 48.9 Å². The lowest BCUT2D eigenvalue weighted by atomic mass is 9.68. The Morgan fingerprint density at radius 2 is 1.88 bits per heavy atom. The standard InChI is InChI=1S/C26H31N5O/c32-25(18-7-9-22(10-8-18)29-26-27-11-4-12-28-26)31-14-3-5-19-15-20-16-21(24(19)31)17-30-13-2-1-6-23(20)30/h4,7-12,15,20-21,23-24H,1-3,5-6,13-14,16-17H2,(H,27,28,29). The topological polar surface area (TPSA) is 61.4 Å². The number of carbonyl (C=O) groups excluding carboxylic acids is 1. The van der Waals surface area contributed by atoms with Crippen molar-refractivity contribution in [3.8, 4) is 0 Å². The molecule has 3 saturated heterocycles. The second-order valence-corrected chi connectivity index (χ2v) is 9.78. The number of aromatic nitrogens is 2. The van der Waals surface area contributed by atoms with E-state index >= 15 is 0 Å². The van der Waals surface area contributed by atoms with Gasteiger partial charge in [0.25, 0.3) is 5.91 Å². The summed E-state index contributed by atoms with van der Waals surface area (Å²) in [4.78, 5) is 26.9. The van der Waals surface area contributed by atoms with Crippen molar-refractivity contribution in [2.24, 2.45) is 11.8 Å². The molecule has 0 saturated carbocycles. The van der Waals surface area contributed by atoms with Crippen LogP contribution in [0.3, 0.4) is 0 Å². The third kappa shape index (κ3) is 3.60. The first kappa shape index (κ1) is 19.9. The zero-order valence-electron chi connectivity index (χ0n) is 18.5. The molecule has 1 amide bonds. The third-order valence-electron chi connectivity index (χ3n) is 7.87. The molecule has 6 rings (SSSR count). The number of anilines is 2. The van der Waals surface area contributed by atoms with Gasteiger partial charge in [0.1, 0.15) is 0 Å². The molecule has 6 nitrogen and oxygen atoms in total. The average molecular weight is 430 g/mol. The van der Waals surface area contributed by atoms with Crippen LogP contribution < -0.4 is 5.32 Å². The van der Waals surface area contributed by atoms with Crippen LogP contribution in [0.5, 0.6) is 0 Å². The van der Waals surface area contributed by atoms with E-state index in [9.17, 15) is 4.79 Å². The quantitative estimate of drug-likeness (QED) is 0.739. The number of fused-ring (bicyclic) bond motifs is 6. The molecule has 0 radical (unpaired) electrons. The van der Waals surface area contributed by atoms with Crippen molar-refractivity contribution in [3.05, 3.63) is 59.9 Å². The van der Waals surface area contributed by atoms with Gasteiger partial charge in [-0.15, -0.1) is 0 Å². The van der Waals surface area contributed by atoms with Crippen LogP contribution in [0, 0.1) is 11.8 Å². The highest BCUT2D eigenvalue weighted by molar-refractivity contribution is 5.95. The first-order valence-corrected chi connectivity index (χ1v) is 12.2. The number of nitrogens with one attached hydrogen (secondary N) is 1. The molecular formula is C26H31N5O. The molecule has 2 aromatic rings. The van der Waals surface area contributed by atoms with Crippen molar-refractivity contribution in [2.45, 2.75) is 50.6 Å². The van der Waals surface area contributed by atoms with Gasteiger partial charge in [-0.2, -0.15) is 0 Å². The molecule has 0 spiro atoms. The van der Waals surface area contributed by atoms with Crippen LogP contribution in [0.2, 0.25) is 0 Å². The summed E-state index contributed by atoms with van der Waals surface area (Å²) in [6.45, 7) is 3.26. The van der Waals surface area contributed by atoms with Gasteiger partial charge in [-0.05, 0) is 80.8 Å². The van der Waals surface area contributed by atoms with E-state index in [-0.39, 0.29) is 11.9 Å². The number of hydrogen-bond acceptors (Lipinski definition) is 5. The number of piperidine rings is 3. The monoisotopic (exact) mass is 429 g/mol. The number of likely N-dealkylation sites (tertiary alicyclic amines) is 1. The molecule has 166 valence electrons. The van der Waals surface area contributed by atoms with Gasteiger partial charge in [0.05, 0.1) is 6.04 Å². The Kier molecular flexibility index (Phi) is 5.18. The number of benzene rings is 1. The maximum atomic E-state index is 13.6. The Hall–Kier alpha value is -2.73. The highest BCUT2D eigenvalue weighted by Crippen LogP contribution is 2.45. The number of nitrogens with zero attached hydrogens (tertiary/aromatic N) is 4. The first-order chi connectivity index (χ1) is 15.8. The van der Waals surface area contributed by atoms with E-state index in [0.29, 0.717) is 17.8 Å². The molecular weight excluding hydrogens is 398 g/mol. The number of hydrogen-bond donors (Lipinski definition) is 1. The molecule has 2 bridgehead atoms. The Labute approximate surface area is 189 Å². The molecule has 32 heavy (non-hydrogen) atoms. The summed E-state index contributed by atoms with van der Waals surface area (Å²) in [5, 5.41) is 3.19. The van der Waals surface area contributed by atoms with Gasteiger partial charge in [-0.25, -0.2) is 9.97 Å². The zero-order chi connectivity index (χ0) is 21.5. The van der Waals surface area contributed by atoms with E-state index < -0.39 is 0 Å². The number of carbonyl (C=O) groups is 1. The fraction of sp³-hybridized carbons (Fsp3) is 0.500. The van der Waals surface area contributed by atoms with E-state index in [2.05, 4.69) is 31.2 Å². The molecule has 3 fully saturated rings. The predicted molar refractivity (Wildman–Crippen MR) is 125 cm³/mol. The highest BCUT2D eigenvalue weighted by Gasteiger charge is 2.46. The van der Waals surface area contributed by atoms with Crippen LogP contribution in [0.4, 0.5) is 11.6 Å². The van der Waals surface area contributed by atoms with Gasteiger partial charge >= 0.3 is 0 Å². The van der Waals surface area contributed by atoms with Crippen molar-refractivity contribution in [2.75, 3.05) is 25.0 Å². The van der Waals surface area contributed by atoms with Crippen molar-refractivity contribution < 1.29 is 4.79 Å². The summed E-state index contributed by atoms with van der Waals surface area (Å²) in [5.41, 5.74) is 3.19. The summed E-state index contributed by atoms with van der Waals surface area (Å²) in [5.74, 6) is 2.00. The van der Waals surface area contributed by atoms with Crippen molar-refractivity contribution >= 4 is 17.5 Å². The SMILES string of the molecule is O=C(c1ccc(Nc2ncccn2)cc1)N1CCCC2=CC3CC(CN4CCCCC34)C21. The normalized spacial score (nSPS) is 29.5. The molecule has 4 heterocycles. The Morgan fingerprint density at radius 1 is 1.03 bits per heavy atom. The number of rotatable bonds is 3. The molecule has 1 aromatic carbocycles. The van der Waals surface area contributed by atoms with Crippen molar-refractivity contribution in [1.29, 1.82) is 0 Å². The minimum Gasteiger partial charge on any atom is -0.332 e. The Morgan fingerprint density at radius 3 is 2.72 bits per heavy atom. The third-order valence-corrected chi connectivity index (χ3v) is 7.87. The molecule has 1 aliphatic carbocycles. The Bertz CT molecular complexity index is 1000. The van der Waals surface area contributed by atoms with Gasteiger partial charge in [0.2, 0.25) is 5.95 Å². The summed E-state index contributed by atoms with van der Waals surface area (Å²) in [7, 11) is 0. The first-order valence-electron chi connectivity index (χ1n) is 12.2. The molecule has 4 atom stereocenters. The lowest BCUT2D eigenvalue weighted by Gasteiger charge is -2.54. The van der Waals surface area contributed by atoms with Gasteiger partial charge in [-0.1, -0.05) is 18.1 Å². The maximum Gasteiger partial charge on any atom is 0.254 e. The average Bonchev–Trinajstić information content (AvgIpc) is 2.84. The molecule has 3 aliphatic heterocycles. The van der Waals surface area contributed by atoms with Gasteiger partial charge in [0.15, 0.2) is 0 Å². The molecule has 6 heteroatoms. The van der Waals surface area contributed by atoms with Crippen LogP contribution in [0.15, 0.2) is 54.4 Å². The molecule has 1 N–H and O–H groups in total. The van der Waals surface area contributed by atoms with Gasteiger partial charge in [-0.3, -0.25) is 9.69 Å². The lowest BCUT2D eigenvalue weighted by Crippen LogP contribution is -2.60. The van der Waals surface area contributed by atoms with Crippen molar-refractivity contribution in [3.63, 3.8) is 0 Å².